The highest BCUT2D eigenvalue weighted by atomic mass is 32.1. The van der Waals surface area contributed by atoms with E-state index in [0.29, 0.717) is 17.8 Å². The largest absolute Gasteiger partial charge is 0.358 e. The highest BCUT2D eigenvalue weighted by Crippen LogP contribution is 2.19. The molecule has 24 heavy (non-hydrogen) atoms. The van der Waals surface area contributed by atoms with Gasteiger partial charge in [0, 0.05) is 20.0 Å². The molecule has 2 aromatic rings. The Labute approximate surface area is 144 Å². The predicted molar refractivity (Wildman–Crippen MR) is 91.6 cm³/mol. The molecule has 0 aliphatic heterocycles. The van der Waals surface area contributed by atoms with Gasteiger partial charge >= 0.3 is 0 Å². The molecule has 1 N–H and O–H groups in total. The molecule has 128 valence electrons. The lowest BCUT2D eigenvalue weighted by molar-refractivity contribution is -0.121. The van der Waals surface area contributed by atoms with Gasteiger partial charge in [0.1, 0.15) is 10.7 Å². The van der Waals surface area contributed by atoms with Gasteiger partial charge in [0.2, 0.25) is 5.91 Å². The lowest BCUT2D eigenvalue weighted by atomic mass is 10.2. The van der Waals surface area contributed by atoms with Gasteiger partial charge in [-0.1, -0.05) is 19.1 Å². The highest BCUT2D eigenvalue weighted by molar-refractivity contribution is 7.13. The Morgan fingerprint density at radius 1 is 1.29 bits per heavy atom. The van der Waals surface area contributed by atoms with E-state index in [4.69, 9.17) is 0 Å². The molecule has 0 saturated heterocycles. The molecule has 0 atom stereocenters. The number of carbonyl (C=O) groups is 2. The van der Waals surface area contributed by atoms with Crippen LogP contribution in [0.3, 0.4) is 0 Å². The molecule has 0 radical (unpaired) electrons. The Morgan fingerprint density at radius 3 is 2.62 bits per heavy atom. The first-order valence-corrected chi connectivity index (χ1v) is 8.54. The number of aromatic nitrogens is 1. The summed E-state index contributed by atoms with van der Waals surface area (Å²) >= 11 is 1.30. The van der Waals surface area contributed by atoms with Crippen LogP contribution in [0.15, 0.2) is 30.5 Å². The van der Waals surface area contributed by atoms with Crippen LogP contribution in [-0.2, 0) is 11.2 Å². The molecule has 1 aromatic carbocycles. The lowest BCUT2D eigenvalue weighted by Crippen LogP contribution is -2.39. The van der Waals surface area contributed by atoms with Gasteiger partial charge in [0.15, 0.2) is 0 Å². The first-order chi connectivity index (χ1) is 11.5. The molecule has 0 bridgehead atoms. The smallest absolute Gasteiger partial charge is 0.266 e. The topological polar surface area (TPSA) is 62.3 Å². The summed E-state index contributed by atoms with van der Waals surface area (Å²) in [5, 5.41) is 3.31. The lowest BCUT2D eigenvalue weighted by Gasteiger charge is -2.20. The summed E-state index contributed by atoms with van der Waals surface area (Å²) in [4.78, 5) is 30.4. The molecule has 1 heterocycles. The molecular weight excluding hydrogens is 329 g/mol. The summed E-state index contributed by atoms with van der Waals surface area (Å²) < 4.78 is 12.9. The van der Waals surface area contributed by atoms with Crippen molar-refractivity contribution in [3.8, 4) is 0 Å². The average molecular weight is 349 g/mol. The van der Waals surface area contributed by atoms with E-state index in [0.717, 1.165) is 17.0 Å². The number of halogens is 1. The summed E-state index contributed by atoms with van der Waals surface area (Å²) in [5.41, 5.74) is 0.931. The SMILES string of the molecule is CCCN(CC(=O)NC)C(=O)c1cnc(Cc2ccc(F)cc2)s1. The van der Waals surface area contributed by atoms with E-state index in [1.54, 1.807) is 25.4 Å². The number of nitrogens with zero attached hydrogens (tertiary/aromatic N) is 2. The van der Waals surface area contributed by atoms with Crippen LogP contribution in [0.5, 0.6) is 0 Å². The van der Waals surface area contributed by atoms with Gasteiger partial charge in [-0.05, 0) is 24.1 Å². The van der Waals surface area contributed by atoms with Crippen molar-refractivity contribution in [1.29, 1.82) is 0 Å². The van der Waals surface area contributed by atoms with Crippen molar-refractivity contribution in [2.45, 2.75) is 19.8 Å². The van der Waals surface area contributed by atoms with Gasteiger partial charge in [-0.3, -0.25) is 9.59 Å². The summed E-state index contributed by atoms with van der Waals surface area (Å²) in [6.45, 7) is 2.50. The normalized spacial score (nSPS) is 10.5. The zero-order valence-electron chi connectivity index (χ0n) is 13.7. The predicted octanol–water partition coefficient (Wildman–Crippen LogP) is 2.47. The molecule has 5 nitrogen and oxygen atoms in total. The van der Waals surface area contributed by atoms with Gasteiger partial charge < -0.3 is 10.2 Å². The van der Waals surface area contributed by atoms with Gasteiger partial charge in [-0.2, -0.15) is 0 Å². The summed E-state index contributed by atoms with van der Waals surface area (Å²) in [7, 11) is 1.55. The molecular formula is C17H20FN3O2S. The first kappa shape index (κ1) is 18.1. The second-order valence-electron chi connectivity index (χ2n) is 5.32. The summed E-state index contributed by atoms with van der Waals surface area (Å²) in [5.74, 6) is -0.672. The van der Waals surface area contributed by atoms with Crippen LogP contribution in [0, 0.1) is 5.82 Å². The molecule has 1 aromatic heterocycles. The minimum atomic E-state index is -0.279. The molecule has 0 aliphatic carbocycles. The number of likely N-dealkylation sites (N-methyl/N-ethyl adjacent to an activating group) is 1. The van der Waals surface area contributed by atoms with Crippen molar-refractivity contribution < 1.29 is 14.0 Å². The minimum absolute atomic E-state index is 0.0361. The zero-order chi connectivity index (χ0) is 17.5. The highest BCUT2D eigenvalue weighted by Gasteiger charge is 2.20. The molecule has 0 spiro atoms. The van der Waals surface area contributed by atoms with E-state index in [1.165, 1.54) is 28.4 Å². The van der Waals surface area contributed by atoms with Crippen molar-refractivity contribution in [2.75, 3.05) is 20.1 Å². The van der Waals surface area contributed by atoms with Crippen LogP contribution in [0.1, 0.15) is 33.6 Å². The fraction of sp³-hybridized carbons (Fsp3) is 0.353. The second kappa shape index (κ2) is 8.54. The number of hydrogen-bond donors (Lipinski definition) is 1. The van der Waals surface area contributed by atoms with Gasteiger partial charge in [-0.25, -0.2) is 9.37 Å². The van der Waals surface area contributed by atoms with E-state index in [2.05, 4.69) is 10.3 Å². The van der Waals surface area contributed by atoms with Crippen molar-refractivity contribution in [2.24, 2.45) is 0 Å². The van der Waals surface area contributed by atoms with Crippen LogP contribution < -0.4 is 5.32 Å². The number of nitrogens with one attached hydrogen (secondary N) is 1. The maximum atomic E-state index is 12.9. The minimum Gasteiger partial charge on any atom is -0.358 e. The summed E-state index contributed by atoms with van der Waals surface area (Å²) in [6, 6.07) is 6.21. The fourth-order valence-electron chi connectivity index (χ4n) is 2.20. The Morgan fingerprint density at radius 2 is 2.00 bits per heavy atom. The number of thiazole rings is 1. The Bertz CT molecular complexity index is 700. The Hall–Kier alpha value is -2.28. The summed E-state index contributed by atoms with van der Waals surface area (Å²) in [6.07, 6.45) is 2.85. The van der Waals surface area contributed by atoms with Crippen LogP contribution in [0.25, 0.3) is 0 Å². The van der Waals surface area contributed by atoms with Gasteiger partial charge in [0.25, 0.3) is 5.91 Å². The Balaban J connectivity index is 2.08. The molecule has 0 unspecified atom stereocenters. The monoisotopic (exact) mass is 349 g/mol. The fourth-order valence-corrected chi connectivity index (χ4v) is 3.12. The van der Waals surface area contributed by atoms with E-state index in [-0.39, 0.29) is 24.2 Å². The standard InChI is InChI=1S/C17H20FN3O2S/c1-3-8-21(11-15(22)19-2)17(23)14-10-20-16(24-14)9-12-4-6-13(18)7-5-12/h4-7,10H,3,8-9,11H2,1-2H3,(H,19,22). The molecule has 0 aliphatic rings. The van der Waals surface area contributed by atoms with Crippen molar-refractivity contribution in [1.82, 2.24) is 15.2 Å². The maximum Gasteiger partial charge on any atom is 0.266 e. The van der Waals surface area contributed by atoms with E-state index in [9.17, 15) is 14.0 Å². The molecule has 7 heteroatoms. The average Bonchev–Trinajstić information content (AvgIpc) is 3.04. The van der Waals surface area contributed by atoms with Crippen LogP contribution in [-0.4, -0.2) is 41.8 Å². The first-order valence-electron chi connectivity index (χ1n) is 7.72. The number of hydrogen-bond acceptors (Lipinski definition) is 4. The molecule has 2 amide bonds. The molecule has 0 saturated carbocycles. The van der Waals surface area contributed by atoms with Crippen molar-refractivity contribution in [3.63, 3.8) is 0 Å². The van der Waals surface area contributed by atoms with E-state index in [1.807, 2.05) is 6.92 Å². The molecule has 2 rings (SSSR count). The number of amides is 2. The van der Waals surface area contributed by atoms with E-state index >= 15 is 0 Å². The van der Waals surface area contributed by atoms with Gasteiger partial charge in [-0.15, -0.1) is 11.3 Å². The third kappa shape index (κ3) is 4.86. The number of carbonyl (C=O) groups excluding carboxylic acids is 2. The zero-order valence-corrected chi connectivity index (χ0v) is 14.5. The maximum absolute atomic E-state index is 12.9. The number of benzene rings is 1. The number of rotatable bonds is 7. The van der Waals surface area contributed by atoms with Crippen LogP contribution >= 0.6 is 11.3 Å². The van der Waals surface area contributed by atoms with Crippen LogP contribution in [0.2, 0.25) is 0 Å². The van der Waals surface area contributed by atoms with Crippen molar-refractivity contribution >= 4 is 23.2 Å². The third-order valence-electron chi connectivity index (χ3n) is 3.43. The van der Waals surface area contributed by atoms with Gasteiger partial charge in [0.05, 0.1) is 17.7 Å². The quantitative estimate of drug-likeness (QED) is 0.835. The van der Waals surface area contributed by atoms with Crippen molar-refractivity contribution in [3.05, 3.63) is 51.7 Å². The second-order valence-corrected chi connectivity index (χ2v) is 6.44. The molecule has 0 fully saturated rings. The van der Waals surface area contributed by atoms with Crippen LogP contribution in [0.4, 0.5) is 4.39 Å². The van der Waals surface area contributed by atoms with E-state index < -0.39 is 0 Å². The Kier molecular flexibility index (Phi) is 6.43. The third-order valence-corrected chi connectivity index (χ3v) is 4.41.